The number of para-hydroxylation sites is 1. The minimum absolute atomic E-state index is 0.0883. The zero-order valence-corrected chi connectivity index (χ0v) is 15.3. The number of morpholine rings is 1. The van der Waals surface area contributed by atoms with Crippen molar-refractivity contribution in [2.75, 3.05) is 26.8 Å². The van der Waals surface area contributed by atoms with E-state index in [0.717, 1.165) is 11.3 Å². The monoisotopic (exact) mass is 368 g/mol. The number of amides is 2. The second-order valence-corrected chi connectivity index (χ2v) is 6.40. The van der Waals surface area contributed by atoms with Gasteiger partial charge in [-0.3, -0.25) is 9.59 Å². The number of hydrogen-bond donors (Lipinski definition) is 1. The first kappa shape index (κ1) is 18.9. The van der Waals surface area contributed by atoms with E-state index in [1.54, 1.807) is 11.9 Å². The van der Waals surface area contributed by atoms with Gasteiger partial charge >= 0.3 is 0 Å². The van der Waals surface area contributed by atoms with Crippen LogP contribution in [0.1, 0.15) is 18.0 Å². The smallest absolute Gasteiger partial charge is 0.251 e. The Morgan fingerprint density at radius 2 is 1.81 bits per heavy atom. The Bertz CT molecular complexity index is 751. The molecule has 0 aromatic heterocycles. The lowest BCUT2D eigenvalue weighted by molar-refractivity contribution is -0.162. The number of likely N-dealkylation sites (N-methyl/N-ethyl adjacent to an activating group) is 1. The van der Waals surface area contributed by atoms with Crippen molar-refractivity contribution < 1.29 is 19.1 Å². The van der Waals surface area contributed by atoms with E-state index in [2.05, 4.69) is 5.32 Å². The van der Waals surface area contributed by atoms with Gasteiger partial charge in [-0.1, -0.05) is 48.5 Å². The molecular weight excluding hydrogens is 344 g/mol. The highest BCUT2D eigenvalue weighted by Gasteiger charge is 2.39. The van der Waals surface area contributed by atoms with Crippen LogP contribution in [0.4, 0.5) is 0 Å². The summed E-state index contributed by atoms with van der Waals surface area (Å²) in [5, 5.41) is 2.89. The number of rotatable bonds is 7. The first-order chi connectivity index (χ1) is 13.2. The summed E-state index contributed by atoms with van der Waals surface area (Å²) in [5.74, 6) is 0.454. The quantitative estimate of drug-likeness (QED) is 0.761. The normalized spacial score (nSPS) is 19.6. The van der Waals surface area contributed by atoms with E-state index >= 15 is 0 Å². The van der Waals surface area contributed by atoms with Crippen LogP contribution in [-0.4, -0.2) is 49.6 Å². The molecule has 0 saturated carbocycles. The fourth-order valence-electron chi connectivity index (χ4n) is 3.07. The summed E-state index contributed by atoms with van der Waals surface area (Å²) < 4.78 is 11.2. The molecule has 0 unspecified atom stereocenters. The van der Waals surface area contributed by atoms with Crippen LogP contribution < -0.4 is 10.1 Å². The van der Waals surface area contributed by atoms with Gasteiger partial charge in [0.2, 0.25) is 5.91 Å². The highest BCUT2D eigenvalue weighted by atomic mass is 16.5. The molecule has 6 heteroatoms. The molecule has 2 aromatic rings. The number of nitrogens with zero attached hydrogens (tertiary/aromatic N) is 1. The van der Waals surface area contributed by atoms with Crippen molar-refractivity contribution in [3.63, 3.8) is 0 Å². The molecule has 0 aliphatic carbocycles. The number of carbonyl (C=O) groups is 2. The van der Waals surface area contributed by atoms with Crippen LogP contribution in [-0.2, 0) is 14.3 Å². The van der Waals surface area contributed by atoms with E-state index in [-0.39, 0.29) is 18.4 Å². The molecule has 1 N–H and O–H groups in total. The Labute approximate surface area is 159 Å². The minimum atomic E-state index is -0.731. The molecule has 1 saturated heterocycles. The third kappa shape index (κ3) is 4.86. The fourth-order valence-corrected chi connectivity index (χ4v) is 3.07. The van der Waals surface area contributed by atoms with E-state index in [0.29, 0.717) is 19.6 Å². The van der Waals surface area contributed by atoms with Crippen LogP contribution in [0.25, 0.3) is 0 Å². The van der Waals surface area contributed by atoms with Gasteiger partial charge in [-0.2, -0.15) is 0 Å². The van der Waals surface area contributed by atoms with Gasteiger partial charge in [0, 0.05) is 13.6 Å². The highest BCUT2D eigenvalue weighted by Crippen LogP contribution is 2.29. The average Bonchev–Trinajstić information content (AvgIpc) is 2.71. The molecular formula is C21H24N2O4. The molecule has 0 spiro atoms. The van der Waals surface area contributed by atoms with Crippen LogP contribution in [0.5, 0.6) is 5.75 Å². The molecule has 27 heavy (non-hydrogen) atoms. The zero-order chi connectivity index (χ0) is 19.1. The summed E-state index contributed by atoms with van der Waals surface area (Å²) in [6, 6.07) is 18.6. The van der Waals surface area contributed by atoms with Gasteiger partial charge in [-0.05, 0) is 24.1 Å². The molecule has 6 nitrogen and oxygen atoms in total. The second kappa shape index (κ2) is 9.19. The summed E-state index contributed by atoms with van der Waals surface area (Å²) in [7, 11) is 1.70. The Balaban J connectivity index is 1.53. The number of ether oxygens (including phenoxy) is 2. The van der Waals surface area contributed by atoms with Crippen molar-refractivity contribution >= 4 is 11.8 Å². The third-order valence-electron chi connectivity index (χ3n) is 4.52. The number of benzene rings is 2. The predicted molar refractivity (Wildman–Crippen MR) is 101 cm³/mol. The summed E-state index contributed by atoms with van der Waals surface area (Å²) in [6.07, 6.45) is -0.0527. The maximum atomic E-state index is 12.7. The zero-order valence-electron chi connectivity index (χ0n) is 15.3. The molecule has 142 valence electrons. The Morgan fingerprint density at radius 1 is 1.15 bits per heavy atom. The van der Waals surface area contributed by atoms with Crippen molar-refractivity contribution in [1.29, 1.82) is 0 Å². The molecule has 1 aliphatic heterocycles. The van der Waals surface area contributed by atoms with E-state index in [1.807, 2.05) is 60.7 Å². The predicted octanol–water partition coefficient (Wildman–Crippen LogP) is 2.17. The molecule has 1 fully saturated rings. The Kier molecular flexibility index (Phi) is 6.44. The van der Waals surface area contributed by atoms with E-state index < -0.39 is 12.1 Å². The number of nitrogens with one attached hydrogen (secondary N) is 1. The van der Waals surface area contributed by atoms with Crippen LogP contribution >= 0.6 is 0 Å². The third-order valence-corrected chi connectivity index (χ3v) is 4.52. The van der Waals surface area contributed by atoms with Crippen LogP contribution in [0.2, 0.25) is 0 Å². The summed E-state index contributed by atoms with van der Waals surface area (Å²) in [4.78, 5) is 26.3. The van der Waals surface area contributed by atoms with Crippen LogP contribution in [0.3, 0.4) is 0 Å². The van der Waals surface area contributed by atoms with Gasteiger partial charge in [-0.25, -0.2) is 0 Å². The van der Waals surface area contributed by atoms with E-state index in [4.69, 9.17) is 9.47 Å². The topological polar surface area (TPSA) is 67.9 Å². The Hall–Kier alpha value is -2.86. The first-order valence-corrected chi connectivity index (χ1v) is 9.04. The molecule has 1 heterocycles. The number of hydrogen-bond acceptors (Lipinski definition) is 4. The van der Waals surface area contributed by atoms with Crippen molar-refractivity contribution in [2.45, 2.75) is 18.6 Å². The fraction of sp³-hybridized carbons (Fsp3) is 0.333. The SMILES string of the molecule is CN1C(=O)CO[C@H](C(=O)NCCCOc2ccccc2)[C@H]1c1ccccc1. The Morgan fingerprint density at radius 3 is 2.52 bits per heavy atom. The summed E-state index contributed by atoms with van der Waals surface area (Å²) >= 11 is 0. The van der Waals surface area contributed by atoms with Crippen molar-refractivity contribution in [1.82, 2.24) is 10.2 Å². The lowest BCUT2D eigenvalue weighted by atomic mass is 9.97. The van der Waals surface area contributed by atoms with Gasteiger partial charge in [0.05, 0.1) is 12.6 Å². The lowest BCUT2D eigenvalue weighted by Gasteiger charge is -2.38. The van der Waals surface area contributed by atoms with Gasteiger partial charge in [-0.15, -0.1) is 0 Å². The van der Waals surface area contributed by atoms with Crippen molar-refractivity contribution in [3.8, 4) is 5.75 Å². The standard InChI is InChI=1S/C21H24N2O4/c1-23-18(24)15-27-20(19(23)16-9-4-2-5-10-16)21(25)22-13-8-14-26-17-11-6-3-7-12-17/h2-7,9-12,19-20H,8,13-15H2,1H3,(H,22,25)/t19-,20+/m1/s1. The minimum Gasteiger partial charge on any atom is -0.494 e. The van der Waals surface area contributed by atoms with Gasteiger partial charge < -0.3 is 19.7 Å². The number of carbonyl (C=O) groups excluding carboxylic acids is 2. The largest absolute Gasteiger partial charge is 0.494 e. The summed E-state index contributed by atoms with van der Waals surface area (Å²) in [5.41, 5.74) is 0.876. The molecule has 1 aliphatic rings. The first-order valence-electron chi connectivity index (χ1n) is 9.04. The molecule has 2 aromatic carbocycles. The van der Waals surface area contributed by atoms with Crippen molar-refractivity contribution in [3.05, 3.63) is 66.2 Å². The lowest BCUT2D eigenvalue weighted by Crippen LogP contribution is -2.53. The average molecular weight is 368 g/mol. The maximum absolute atomic E-state index is 12.7. The molecule has 3 rings (SSSR count). The molecule has 0 radical (unpaired) electrons. The van der Waals surface area contributed by atoms with Gasteiger partial charge in [0.25, 0.3) is 5.91 Å². The van der Waals surface area contributed by atoms with Crippen LogP contribution in [0, 0.1) is 0 Å². The van der Waals surface area contributed by atoms with E-state index in [1.165, 1.54) is 0 Å². The summed E-state index contributed by atoms with van der Waals surface area (Å²) in [6.45, 7) is 0.899. The van der Waals surface area contributed by atoms with Gasteiger partial charge in [0.15, 0.2) is 6.10 Å². The van der Waals surface area contributed by atoms with Gasteiger partial charge in [0.1, 0.15) is 12.4 Å². The molecule has 2 atom stereocenters. The van der Waals surface area contributed by atoms with E-state index in [9.17, 15) is 9.59 Å². The van der Waals surface area contributed by atoms with Crippen molar-refractivity contribution in [2.24, 2.45) is 0 Å². The van der Waals surface area contributed by atoms with Crippen LogP contribution in [0.15, 0.2) is 60.7 Å². The second-order valence-electron chi connectivity index (χ2n) is 6.40. The molecule has 0 bridgehead atoms. The molecule has 2 amide bonds. The maximum Gasteiger partial charge on any atom is 0.251 e. The highest BCUT2D eigenvalue weighted by molar-refractivity contribution is 5.86.